The molecule has 0 spiro atoms. The van der Waals surface area contributed by atoms with Gasteiger partial charge in [0, 0.05) is 29.2 Å². The molecule has 3 aromatic rings. The van der Waals surface area contributed by atoms with Gasteiger partial charge in [-0.05, 0) is 36.1 Å². The van der Waals surface area contributed by atoms with Crippen molar-refractivity contribution in [1.82, 2.24) is 15.2 Å². The van der Waals surface area contributed by atoms with Crippen LogP contribution in [0.1, 0.15) is 23.6 Å². The van der Waals surface area contributed by atoms with Gasteiger partial charge in [0.1, 0.15) is 12.6 Å². The molecule has 3 N–H and O–H groups in total. The molecule has 1 aliphatic heterocycles. The third-order valence-corrected chi connectivity index (χ3v) is 5.51. The van der Waals surface area contributed by atoms with Gasteiger partial charge in [-0.25, -0.2) is 4.79 Å². The Morgan fingerprint density at radius 3 is 2.70 bits per heavy atom. The molecule has 1 aromatic heterocycles. The Hall–Kier alpha value is -3.61. The van der Waals surface area contributed by atoms with Gasteiger partial charge in [-0.2, -0.15) is 0 Å². The molecular weight excluding hydrogens is 380 g/mol. The van der Waals surface area contributed by atoms with Gasteiger partial charge in [0.05, 0.1) is 0 Å². The van der Waals surface area contributed by atoms with E-state index in [1.807, 2.05) is 62.5 Å². The monoisotopic (exact) mass is 404 g/mol. The second kappa shape index (κ2) is 8.02. The van der Waals surface area contributed by atoms with Crippen molar-refractivity contribution in [2.24, 2.45) is 0 Å². The normalized spacial score (nSPS) is 16.2. The van der Waals surface area contributed by atoms with Crippen molar-refractivity contribution >= 4 is 34.4 Å². The fourth-order valence-corrected chi connectivity index (χ4v) is 3.91. The van der Waals surface area contributed by atoms with E-state index >= 15 is 0 Å². The van der Waals surface area contributed by atoms with E-state index < -0.39 is 18.0 Å². The maximum atomic E-state index is 12.8. The van der Waals surface area contributed by atoms with Crippen molar-refractivity contribution in [2.45, 2.75) is 32.7 Å². The molecule has 2 heterocycles. The third-order valence-electron chi connectivity index (χ3n) is 5.51. The Bertz CT molecular complexity index is 1130. The number of imide groups is 1. The summed E-state index contributed by atoms with van der Waals surface area (Å²) in [4.78, 5) is 41.9. The zero-order chi connectivity index (χ0) is 21.3. The van der Waals surface area contributed by atoms with E-state index in [1.54, 1.807) is 0 Å². The highest BCUT2D eigenvalue weighted by Gasteiger charge is 2.39. The van der Waals surface area contributed by atoms with Gasteiger partial charge in [-0.15, -0.1) is 0 Å². The number of amides is 4. The lowest BCUT2D eigenvalue weighted by Crippen LogP contribution is -2.38. The number of H-pyrrole nitrogens is 1. The number of aromatic amines is 1. The number of hydrogen-bond donors (Lipinski definition) is 3. The molecule has 4 amide bonds. The summed E-state index contributed by atoms with van der Waals surface area (Å²) in [6.07, 6.45) is 2.99. The average molecular weight is 404 g/mol. The molecule has 0 bridgehead atoms. The van der Waals surface area contributed by atoms with Crippen LogP contribution in [0.5, 0.6) is 0 Å². The number of aromatic nitrogens is 1. The van der Waals surface area contributed by atoms with Gasteiger partial charge >= 0.3 is 6.03 Å². The Balaban J connectivity index is 1.45. The van der Waals surface area contributed by atoms with Crippen molar-refractivity contribution in [2.75, 3.05) is 11.9 Å². The van der Waals surface area contributed by atoms with Gasteiger partial charge in [0.15, 0.2) is 0 Å². The van der Waals surface area contributed by atoms with Crippen molar-refractivity contribution < 1.29 is 14.4 Å². The highest BCUT2D eigenvalue weighted by atomic mass is 16.2. The number of benzene rings is 2. The molecule has 0 saturated carbocycles. The van der Waals surface area contributed by atoms with Crippen LogP contribution in [-0.4, -0.2) is 40.3 Å². The summed E-state index contributed by atoms with van der Waals surface area (Å²) in [6.45, 7) is 3.61. The van der Waals surface area contributed by atoms with Crippen LogP contribution >= 0.6 is 0 Å². The maximum Gasteiger partial charge on any atom is 0.325 e. The molecule has 1 saturated heterocycles. The Kier molecular flexibility index (Phi) is 5.27. The molecule has 0 radical (unpaired) electrons. The minimum absolute atomic E-state index is 0.313. The smallest absolute Gasteiger partial charge is 0.325 e. The first-order valence-corrected chi connectivity index (χ1v) is 10.0. The second-order valence-corrected chi connectivity index (χ2v) is 7.50. The molecule has 154 valence electrons. The Labute approximate surface area is 174 Å². The number of nitrogens with one attached hydrogen (secondary N) is 3. The van der Waals surface area contributed by atoms with Crippen LogP contribution in [0.4, 0.5) is 10.5 Å². The molecular formula is C23H24N4O3. The van der Waals surface area contributed by atoms with E-state index in [2.05, 4.69) is 15.6 Å². The largest absolute Gasteiger partial charge is 0.361 e. The average Bonchev–Trinajstić information content (AvgIpc) is 3.26. The molecule has 4 rings (SSSR count). The van der Waals surface area contributed by atoms with E-state index in [4.69, 9.17) is 0 Å². The minimum atomic E-state index is -0.686. The summed E-state index contributed by atoms with van der Waals surface area (Å²) in [5.74, 6) is -0.781. The zero-order valence-electron chi connectivity index (χ0n) is 17.0. The molecule has 1 fully saturated rings. The van der Waals surface area contributed by atoms with Gasteiger partial charge in [0.25, 0.3) is 5.91 Å². The fourth-order valence-electron chi connectivity index (χ4n) is 3.91. The van der Waals surface area contributed by atoms with E-state index in [0.29, 0.717) is 6.42 Å². The molecule has 2 aromatic carbocycles. The maximum absolute atomic E-state index is 12.8. The number of carbonyl (C=O) groups is 3. The van der Waals surface area contributed by atoms with E-state index in [1.165, 1.54) is 0 Å². The quantitative estimate of drug-likeness (QED) is 0.551. The molecule has 7 heteroatoms. The predicted molar refractivity (Wildman–Crippen MR) is 115 cm³/mol. The first-order chi connectivity index (χ1) is 14.5. The van der Waals surface area contributed by atoms with Gasteiger partial charge in [0.2, 0.25) is 5.91 Å². The van der Waals surface area contributed by atoms with Gasteiger partial charge in [-0.3, -0.25) is 14.5 Å². The number of urea groups is 1. The van der Waals surface area contributed by atoms with E-state index in [9.17, 15) is 14.4 Å². The highest BCUT2D eigenvalue weighted by molar-refractivity contribution is 6.08. The van der Waals surface area contributed by atoms with Crippen LogP contribution < -0.4 is 10.6 Å². The standard InChI is InChI=1S/C23H24N4O3/c1-3-15-8-6-7-14(2)21(15)26-20(28)13-27-22(29)19(25-23(27)30)11-16-12-24-18-10-5-4-9-17(16)18/h4-10,12,19,24H,3,11,13H2,1-2H3,(H,25,30)(H,26,28)/t19-/m0/s1. The number of rotatable bonds is 6. The highest BCUT2D eigenvalue weighted by Crippen LogP contribution is 2.23. The number of hydrogen-bond acceptors (Lipinski definition) is 3. The molecule has 7 nitrogen and oxygen atoms in total. The van der Waals surface area contributed by atoms with Crippen LogP contribution in [0, 0.1) is 6.92 Å². The SMILES string of the molecule is CCc1cccc(C)c1NC(=O)CN1C(=O)N[C@@H](Cc2c[nH]c3ccccc23)C1=O. The lowest BCUT2D eigenvalue weighted by molar-refractivity contribution is -0.130. The first kappa shape index (κ1) is 19.7. The Morgan fingerprint density at radius 1 is 1.10 bits per heavy atom. The second-order valence-electron chi connectivity index (χ2n) is 7.50. The van der Waals surface area contributed by atoms with Crippen molar-refractivity contribution in [3.63, 3.8) is 0 Å². The van der Waals surface area contributed by atoms with E-state index in [0.717, 1.165) is 44.6 Å². The number of fused-ring (bicyclic) bond motifs is 1. The third kappa shape index (κ3) is 3.66. The summed E-state index contributed by atoms with van der Waals surface area (Å²) in [7, 11) is 0. The summed E-state index contributed by atoms with van der Waals surface area (Å²) in [5, 5.41) is 6.58. The van der Waals surface area contributed by atoms with Gasteiger partial charge < -0.3 is 15.6 Å². The Morgan fingerprint density at radius 2 is 1.90 bits per heavy atom. The van der Waals surface area contributed by atoms with Crippen LogP contribution in [0.15, 0.2) is 48.7 Å². The van der Waals surface area contributed by atoms with Gasteiger partial charge in [-0.1, -0.05) is 43.3 Å². The number of para-hydroxylation sites is 2. The zero-order valence-corrected chi connectivity index (χ0v) is 17.0. The topological polar surface area (TPSA) is 94.3 Å². The van der Waals surface area contributed by atoms with Crippen LogP contribution in [0.3, 0.4) is 0 Å². The predicted octanol–water partition coefficient (Wildman–Crippen LogP) is 3.14. The van der Waals surface area contributed by atoms with Crippen LogP contribution in [-0.2, 0) is 22.4 Å². The first-order valence-electron chi connectivity index (χ1n) is 10.0. The number of anilines is 1. The lowest BCUT2D eigenvalue weighted by Gasteiger charge is -2.16. The molecule has 0 aliphatic carbocycles. The summed E-state index contributed by atoms with van der Waals surface area (Å²) in [5.41, 5.74) is 4.62. The minimum Gasteiger partial charge on any atom is -0.361 e. The molecule has 30 heavy (non-hydrogen) atoms. The number of nitrogens with zero attached hydrogens (tertiary/aromatic N) is 1. The number of aryl methyl sites for hydroxylation is 2. The number of carbonyl (C=O) groups excluding carboxylic acids is 3. The van der Waals surface area contributed by atoms with Crippen molar-refractivity contribution in [3.8, 4) is 0 Å². The van der Waals surface area contributed by atoms with Crippen molar-refractivity contribution in [3.05, 3.63) is 65.4 Å². The van der Waals surface area contributed by atoms with Crippen molar-refractivity contribution in [1.29, 1.82) is 0 Å². The van der Waals surface area contributed by atoms with Crippen LogP contribution in [0.2, 0.25) is 0 Å². The molecule has 1 atom stereocenters. The summed E-state index contributed by atoms with van der Waals surface area (Å²) in [6, 6.07) is 12.4. The molecule has 1 aliphatic rings. The summed E-state index contributed by atoms with van der Waals surface area (Å²) >= 11 is 0. The molecule has 0 unspecified atom stereocenters. The fraction of sp³-hybridized carbons (Fsp3) is 0.261. The summed E-state index contributed by atoms with van der Waals surface area (Å²) < 4.78 is 0. The van der Waals surface area contributed by atoms with E-state index in [-0.39, 0.29) is 12.5 Å². The van der Waals surface area contributed by atoms with Crippen LogP contribution in [0.25, 0.3) is 10.9 Å². The lowest BCUT2D eigenvalue weighted by atomic mass is 10.0.